The summed E-state index contributed by atoms with van der Waals surface area (Å²) in [5.74, 6) is 0.881. The molecule has 0 fully saturated rings. The number of nitrogens with one attached hydrogen (secondary N) is 1. The van der Waals surface area contributed by atoms with Gasteiger partial charge in [0.2, 0.25) is 0 Å². The second-order valence-corrected chi connectivity index (χ2v) is 7.65. The summed E-state index contributed by atoms with van der Waals surface area (Å²) in [4.78, 5) is 18.0. The number of benzene rings is 1. The van der Waals surface area contributed by atoms with Gasteiger partial charge in [0.05, 0.1) is 12.3 Å². The van der Waals surface area contributed by atoms with Crippen LogP contribution in [0.1, 0.15) is 73.9 Å². The van der Waals surface area contributed by atoms with E-state index in [9.17, 15) is 4.79 Å². The number of rotatable bonds is 9. The molecule has 0 aliphatic carbocycles. The van der Waals surface area contributed by atoms with Crippen LogP contribution in [-0.4, -0.2) is 17.5 Å². The summed E-state index contributed by atoms with van der Waals surface area (Å²) in [6.45, 7) is 13.0. The maximum Gasteiger partial charge on any atom is 0.261 e. The number of aryl methyl sites for hydroxylation is 4. The van der Waals surface area contributed by atoms with Crippen molar-refractivity contribution < 1.29 is 9.53 Å². The van der Waals surface area contributed by atoms with Crippen molar-refractivity contribution >= 4 is 11.6 Å². The van der Waals surface area contributed by atoms with E-state index in [1.807, 2.05) is 13.0 Å². The maximum absolute atomic E-state index is 13.4. The van der Waals surface area contributed by atoms with Gasteiger partial charge in [-0.15, -0.1) is 0 Å². The lowest BCUT2D eigenvalue weighted by atomic mass is 10.0. The van der Waals surface area contributed by atoms with Crippen LogP contribution >= 0.6 is 0 Å². The molecule has 0 atom stereocenters. The number of anilines is 1. The van der Waals surface area contributed by atoms with Crippen molar-refractivity contribution in [3.63, 3.8) is 0 Å². The molecule has 4 nitrogen and oxygen atoms in total. The van der Waals surface area contributed by atoms with Gasteiger partial charge in [0.25, 0.3) is 5.91 Å². The van der Waals surface area contributed by atoms with Gasteiger partial charge in [-0.05, 0) is 43.2 Å². The lowest BCUT2D eigenvalue weighted by Crippen LogP contribution is -2.20. The van der Waals surface area contributed by atoms with E-state index >= 15 is 0 Å². The zero-order chi connectivity index (χ0) is 20.7. The van der Waals surface area contributed by atoms with E-state index in [2.05, 4.69) is 63.1 Å². The smallest absolute Gasteiger partial charge is 0.261 e. The molecular weight excluding hydrogens is 348 g/mol. The number of carbonyl (C=O) groups excluding carboxylic acids is 1. The highest BCUT2D eigenvalue weighted by Gasteiger charge is 2.21. The largest absolute Gasteiger partial charge is 0.492 e. The lowest BCUT2D eigenvalue weighted by Gasteiger charge is -2.19. The molecule has 1 amide bonds. The highest BCUT2D eigenvalue weighted by molar-refractivity contribution is 6.07. The van der Waals surface area contributed by atoms with E-state index in [1.54, 1.807) is 0 Å². The van der Waals surface area contributed by atoms with E-state index in [0.29, 0.717) is 23.8 Å². The molecule has 2 aromatic rings. The third kappa shape index (κ3) is 5.34. The molecule has 0 radical (unpaired) electrons. The summed E-state index contributed by atoms with van der Waals surface area (Å²) in [7, 11) is 0. The Kier molecular flexibility index (Phi) is 8.04. The van der Waals surface area contributed by atoms with Gasteiger partial charge in [-0.3, -0.25) is 9.78 Å². The summed E-state index contributed by atoms with van der Waals surface area (Å²) in [5.41, 5.74) is 5.48. The van der Waals surface area contributed by atoms with Crippen molar-refractivity contribution in [2.24, 2.45) is 5.92 Å². The fraction of sp³-hybridized carbons (Fsp3) is 0.500. The van der Waals surface area contributed by atoms with Crippen LogP contribution in [0.2, 0.25) is 0 Å². The van der Waals surface area contributed by atoms with Gasteiger partial charge < -0.3 is 10.1 Å². The third-order valence-corrected chi connectivity index (χ3v) is 4.71. The molecule has 1 aromatic heterocycles. The van der Waals surface area contributed by atoms with Gasteiger partial charge in [0.15, 0.2) is 0 Å². The van der Waals surface area contributed by atoms with E-state index in [1.165, 1.54) is 0 Å². The summed E-state index contributed by atoms with van der Waals surface area (Å²) in [5, 5.41) is 3.18. The number of hydrogen-bond donors (Lipinski definition) is 1. The molecular formula is C24H34N2O2. The molecule has 2 rings (SSSR count). The number of para-hydroxylation sites is 1. The molecule has 0 saturated heterocycles. The van der Waals surface area contributed by atoms with E-state index in [-0.39, 0.29) is 5.91 Å². The normalized spacial score (nSPS) is 11.0. The minimum absolute atomic E-state index is 0.134. The first-order valence-corrected chi connectivity index (χ1v) is 10.5. The average molecular weight is 383 g/mol. The Morgan fingerprint density at radius 1 is 1.14 bits per heavy atom. The van der Waals surface area contributed by atoms with Crippen molar-refractivity contribution in [1.82, 2.24) is 4.98 Å². The average Bonchev–Trinajstić information content (AvgIpc) is 2.66. The Morgan fingerprint density at radius 3 is 2.32 bits per heavy atom. The summed E-state index contributed by atoms with van der Waals surface area (Å²) in [6, 6.07) is 8.08. The molecule has 0 aliphatic rings. The highest BCUT2D eigenvalue weighted by Crippen LogP contribution is 2.28. The predicted octanol–water partition coefficient (Wildman–Crippen LogP) is 5.75. The second-order valence-electron chi connectivity index (χ2n) is 7.65. The number of hydrogen-bond acceptors (Lipinski definition) is 3. The molecule has 0 bridgehead atoms. The van der Waals surface area contributed by atoms with Gasteiger partial charge in [-0.25, -0.2) is 0 Å². The van der Waals surface area contributed by atoms with E-state index < -0.39 is 0 Å². The van der Waals surface area contributed by atoms with Crippen molar-refractivity contribution in [2.45, 2.75) is 67.2 Å². The molecule has 0 spiro atoms. The Balaban J connectivity index is 2.49. The fourth-order valence-electron chi connectivity index (χ4n) is 3.32. The number of ether oxygens (including phenoxy) is 1. The number of nitrogens with zero attached hydrogens (tertiary/aromatic N) is 1. The predicted molar refractivity (Wildman–Crippen MR) is 116 cm³/mol. The van der Waals surface area contributed by atoms with Gasteiger partial charge in [-0.2, -0.15) is 0 Å². The minimum Gasteiger partial charge on any atom is -0.492 e. The van der Waals surface area contributed by atoms with Crippen LogP contribution < -0.4 is 10.1 Å². The molecule has 1 N–H and O–H groups in total. The Hall–Kier alpha value is -2.36. The van der Waals surface area contributed by atoms with Crippen LogP contribution in [0.25, 0.3) is 0 Å². The Morgan fingerprint density at radius 2 is 1.79 bits per heavy atom. The van der Waals surface area contributed by atoms with Crippen molar-refractivity contribution in [3.05, 3.63) is 52.3 Å². The first-order chi connectivity index (χ1) is 13.4. The van der Waals surface area contributed by atoms with Crippen molar-refractivity contribution in [1.29, 1.82) is 0 Å². The first kappa shape index (κ1) is 21.9. The topological polar surface area (TPSA) is 51.2 Å². The number of pyridine rings is 1. The molecule has 0 saturated carbocycles. The van der Waals surface area contributed by atoms with E-state index in [0.717, 1.165) is 53.9 Å². The Labute approximate surface area is 169 Å². The van der Waals surface area contributed by atoms with Gasteiger partial charge in [0.1, 0.15) is 11.3 Å². The monoisotopic (exact) mass is 382 g/mol. The summed E-state index contributed by atoms with van der Waals surface area (Å²) >= 11 is 0. The number of carbonyl (C=O) groups is 1. The van der Waals surface area contributed by atoms with Crippen LogP contribution in [0.15, 0.2) is 24.3 Å². The Bertz CT molecular complexity index is 790. The standard InChI is InChI=1S/C24H34N2O2/c1-7-11-20-22(21(14-17(6)25-20)28-15-16(4)5)24(27)26-23-18(8-2)12-10-13-19(23)9-3/h10,12-14,16H,7-9,11,15H2,1-6H3,(H,26,27). The molecule has 4 heteroatoms. The molecule has 28 heavy (non-hydrogen) atoms. The molecule has 1 aromatic carbocycles. The third-order valence-electron chi connectivity index (χ3n) is 4.71. The minimum atomic E-state index is -0.134. The molecule has 1 heterocycles. The van der Waals surface area contributed by atoms with Crippen LogP contribution in [0.5, 0.6) is 5.75 Å². The molecule has 152 valence electrons. The van der Waals surface area contributed by atoms with Crippen LogP contribution in [-0.2, 0) is 19.3 Å². The lowest BCUT2D eigenvalue weighted by molar-refractivity contribution is 0.102. The van der Waals surface area contributed by atoms with Gasteiger partial charge >= 0.3 is 0 Å². The SMILES string of the molecule is CCCc1nc(C)cc(OCC(C)C)c1C(=O)Nc1c(CC)cccc1CC. The number of amides is 1. The zero-order valence-corrected chi connectivity index (χ0v) is 18.2. The first-order valence-electron chi connectivity index (χ1n) is 10.5. The van der Waals surface area contributed by atoms with Crippen LogP contribution in [0, 0.1) is 12.8 Å². The van der Waals surface area contributed by atoms with Crippen molar-refractivity contribution in [2.75, 3.05) is 11.9 Å². The maximum atomic E-state index is 13.4. The quantitative estimate of drug-likeness (QED) is 0.600. The molecule has 0 unspecified atom stereocenters. The van der Waals surface area contributed by atoms with Gasteiger partial charge in [0, 0.05) is 17.4 Å². The summed E-state index contributed by atoms with van der Waals surface area (Å²) < 4.78 is 6.04. The fourth-order valence-corrected chi connectivity index (χ4v) is 3.32. The van der Waals surface area contributed by atoms with E-state index in [4.69, 9.17) is 4.74 Å². The highest BCUT2D eigenvalue weighted by atomic mass is 16.5. The van der Waals surface area contributed by atoms with Gasteiger partial charge in [-0.1, -0.05) is 59.2 Å². The summed E-state index contributed by atoms with van der Waals surface area (Å²) in [6.07, 6.45) is 3.41. The second kappa shape index (κ2) is 10.3. The number of aromatic nitrogens is 1. The molecule has 0 aliphatic heterocycles. The van der Waals surface area contributed by atoms with Crippen LogP contribution in [0.4, 0.5) is 5.69 Å². The van der Waals surface area contributed by atoms with Crippen molar-refractivity contribution in [3.8, 4) is 5.75 Å². The zero-order valence-electron chi connectivity index (χ0n) is 18.2. The van der Waals surface area contributed by atoms with Crippen LogP contribution in [0.3, 0.4) is 0 Å².